The Kier molecular flexibility index (Phi) is 10.8. The maximum Gasteiger partial charge on any atom is 0.243 e. The Balaban J connectivity index is 1.71. The summed E-state index contributed by atoms with van der Waals surface area (Å²) in [6.45, 7) is 5.13. The van der Waals surface area contributed by atoms with Gasteiger partial charge in [-0.25, -0.2) is 8.42 Å². The number of phenols is 1. The molecule has 0 fully saturated rings. The summed E-state index contributed by atoms with van der Waals surface area (Å²) in [7, 11) is -4.04. The van der Waals surface area contributed by atoms with Gasteiger partial charge in [-0.15, -0.1) is 0 Å². The van der Waals surface area contributed by atoms with E-state index in [-0.39, 0.29) is 35.3 Å². The predicted molar refractivity (Wildman–Crippen MR) is 168 cm³/mol. The fraction of sp³-hybridized carbons (Fsp3) is 0.294. The zero-order valence-electron chi connectivity index (χ0n) is 24.3. The number of hydrogen-bond acceptors (Lipinski definition) is 6. The van der Waals surface area contributed by atoms with Crippen LogP contribution in [0.3, 0.4) is 0 Å². The SMILES string of the molecule is CC(C)CN(C[C@@H](O)[C@H](Cc1ccccc1)N(Cc1ccccc1)Cc1ccccc1)S(=O)(=O)c1ccc(N)c(O)c1. The van der Waals surface area contributed by atoms with Crippen LogP contribution in [0.5, 0.6) is 5.75 Å². The third-order valence-corrected chi connectivity index (χ3v) is 9.08. The van der Waals surface area contributed by atoms with E-state index in [0.29, 0.717) is 19.5 Å². The van der Waals surface area contributed by atoms with Gasteiger partial charge in [0, 0.05) is 38.3 Å². The number of nitrogens with two attached hydrogens (primary N) is 1. The molecule has 0 aliphatic heterocycles. The largest absolute Gasteiger partial charge is 0.506 e. The summed E-state index contributed by atoms with van der Waals surface area (Å²) in [6.07, 6.45) is -0.492. The fourth-order valence-corrected chi connectivity index (χ4v) is 6.77. The van der Waals surface area contributed by atoms with Crippen LogP contribution < -0.4 is 5.73 Å². The van der Waals surface area contributed by atoms with E-state index in [9.17, 15) is 18.6 Å². The third-order valence-electron chi connectivity index (χ3n) is 7.26. The number of aliphatic hydroxyl groups excluding tert-OH is 1. The maximum absolute atomic E-state index is 13.8. The van der Waals surface area contributed by atoms with Crippen LogP contribution in [0.1, 0.15) is 30.5 Å². The van der Waals surface area contributed by atoms with Gasteiger partial charge in [0.15, 0.2) is 0 Å². The van der Waals surface area contributed by atoms with Gasteiger partial charge in [0.05, 0.1) is 16.7 Å². The van der Waals surface area contributed by atoms with E-state index < -0.39 is 22.2 Å². The van der Waals surface area contributed by atoms with E-state index in [2.05, 4.69) is 29.2 Å². The molecule has 7 nitrogen and oxygen atoms in total. The summed E-state index contributed by atoms with van der Waals surface area (Å²) in [4.78, 5) is 2.17. The van der Waals surface area contributed by atoms with Crippen LogP contribution in [0, 0.1) is 5.92 Å². The molecule has 0 bridgehead atoms. The van der Waals surface area contributed by atoms with Crippen molar-refractivity contribution in [1.82, 2.24) is 9.21 Å². The van der Waals surface area contributed by atoms with Crippen molar-refractivity contribution in [3.8, 4) is 5.75 Å². The van der Waals surface area contributed by atoms with Crippen molar-refractivity contribution in [2.24, 2.45) is 5.92 Å². The molecule has 42 heavy (non-hydrogen) atoms. The zero-order chi connectivity index (χ0) is 30.1. The third kappa shape index (κ3) is 8.42. The van der Waals surface area contributed by atoms with E-state index >= 15 is 0 Å². The standard InChI is InChI=1S/C34H41N3O4S/c1-26(2)22-37(42(40,41)30-18-19-31(35)33(38)21-30)25-34(39)32(20-27-12-6-3-7-13-27)36(23-28-14-8-4-9-15-28)24-29-16-10-5-11-17-29/h3-19,21,26,32,34,38-39H,20,22-25,35H2,1-2H3/t32-,34+/m0/s1. The van der Waals surface area contributed by atoms with Crippen LogP contribution in [-0.2, 0) is 29.5 Å². The lowest BCUT2D eigenvalue weighted by molar-refractivity contribution is 0.0273. The number of rotatable bonds is 14. The first-order chi connectivity index (χ1) is 20.1. The molecule has 4 aromatic carbocycles. The van der Waals surface area contributed by atoms with Crippen molar-refractivity contribution < 1.29 is 18.6 Å². The molecule has 0 saturated carbocycles. The fourth-order valence-electron chi connectivity index (χ4n) is 5.13. The number of benzene rings is 4. The highest BCUT2D eigenvalue weighted by Gasteiger charge is 2.33. The van der Waals surface area contributed by atoms with E-state index in [1.807, 2.05) is 80.6 Å². The highest BCUT2D eigenvalue weighted by Crippen LogP contribution is 2.27. The number of nitrogens with zero attached hydrogens (tertiary/aromatic N) is 2. The van der Waals surface area contributed by atoms with E-state index in [1.54, 1.807) is 0 Å². The average Bonchev–Trinajstić information content (AvgIpc) is 2.98. The topological polar surface area (TPSA) is 107 Å². The van der Waals surface area contributed by atoms with Crippen LogP contribution in [0.2, 0.25) is 0 Å². The lowest BCUT2D eigenvalue weighted by atomic mass is 9.97. The molecule has 0 aliphatic carbocycles. The molecule has 0 spiro atoms. The summed E-state index contributed by atoms with van der Waals surface area (Å²) in [5.74, 6) is -0.286. The molecule has 0 unspecified atom stereocenters. The molecule has 0 radical (unpaired) electrons. The maximum atomic E-state index is 13.8. The molecule has 0 amide bonds. The molecule has 4 rings (SSSR count). The van der Waals surface area contributed by atoms with Crippen LogP contribution in [0.25, 0.3) is 0 Å². The zero-order valence-corrected chi connectivity index (χ0v) is 25.1. The molecule has 8 heteroatoms. The van der Waals surface area contributed by atoms with Crippen molar-refractivity contribution >= 4 is 15.7 Å². The van der Waals surface area contributed by atoms with Gasteiger partial charge in [-0.3, -0.25) is 4.90 Å². The molecule has 222 valence electrons. The monoisotopic (exact) mass is 587 g/mol. The lowest BCUT2D eigenvalue weighted by Gasteiger charge is -2.37. The van der Waals surface area contributed by atoms with E-state index in [4.69, 9.17) is 5.73 Å². The van der Waals surface area contributed by atoms with E-state index in [1.165, 1.54) is 22.5 Å². The van der Waals surface area contributed by atoms with Gasteiger partial charge in [0.1, 0.15) is 5.75 Å². The Labute approximate surface area is 249 Å². The molecule has 0 saturated heterocycles. The molecular formula is C34H41N3O4S. The second-order valence-electron chi connectivity index (χ2n) is 11.1. The molecular weight excluding hydrogens is 546 g/mol. The first-order valence-corrected chi connectivity index (χ1v) is 15.7. The first kappa shape index (κ1) is 31.3. The molecule has 4 aromatic rings. The Hall–Kier alpha value is -3.69. The summed E-state index contributed by atoms with van der Waals surface area (Å²) in [5.41, 5.74) is 9.09. The Morgan fingerprint density at radius 2 is 1.24 bits per heavy atom. The predicted octanol–water partition coefficient (Wildman–Crippen LogP) is 5.30. The van der Waals surface area contributed by atoms with E-state index in [0.717, 1.165) is 16.7 Å². The van der Waals surface area contributed by atoms with Gasteiger partial charge < -0.3 is 15.9 Å². The summed E-state index contributed by atoms with van der Waals surface area (Å²) in [5, 5.41) is 22.1. The van der Waals surface area contributed by atoms with Crippen LogP contribution in [0.4, 0.5) is 5.69 Å². The van der Waals surface area contributed by atoms with Crippen molar-refractivity contribution in [2.75, 3.05) is 18.8 Å². The van der Waals surface area contributed by atoms with Crippen molar-refractivity contribution in [3.05, 3.63) is 126 Å². The van der Waals surface area contributed by atoms with Gasteiger partial charge >= 0.3 is 0 Å². The number of sulfonamides is 1. The van der Waals surface area contributed by atoms with Crippen molar-refractivity contribution in [3.63, 3.8) is 0 Å². The number of aromatic hydroxyl groups is 1. The molecule has 0 heterocycles. The summed E-state index contributed by atoms with van der Waals surface area (Å²) < 4.78 is 29.0. The number of hydrogen-bond donors (Lipinski definition) is 3. The lowest BCUT2D eigenvalue weighted by Crippen LogP contribution is -2.50. The van der Waals surface area contributed by atoms with Crippen LogP contribution >= 0.6 is 0 Å². The number of aliphatic hydroxyl groups is 1. The molecule has 0 aliphatic rings. The van der Waals surface area contributed by atoms with Gasteiger partial charge in [-0.2, -0.15) is 4.31 Å². The highest BCUT2D eigenvalue weighted by atomic mass is 32.2. The van der Waals surface area contributed by atoms with Gasteiger partial charge in [0.25, 0.3) is 0 Å². The van der Waals surface area contributed by atoms with Gasteiger partial charge in [-0.05, 0) is 41.2 Å². The quantitative estimate of drug-likeness (QED) is 0.137. The molecule has 2 atom stereocenters. The molecule has 0 aromatic heterocycles. The van der Waals surface area contributed by atoms with Crippen LogP contribution in [0.15, 0.2) is 114 Å². The van der Waals surface area contributed by atoms with Gasteiger partial charge in [0.2, 0.25) is 10.0 Å². The number of nitrogen functional groups attached to an aromatic ring is 1. The normalized spacial score (nSPS) is 13.5. The smallest absolute Gasteiger partial charge is 0.243 e. The Morgan fingerprint density at radius 3 is 1.71 bits per heavy atom. The number of phenolic OH excluding ortho intramolecular Hbond substituents is 1. The van der Waals surface area contributed by atoms with Crippen molar-refractivity contribution in [1.29, 1.82) is 0 Å². The highest BCUT2D eigenvalue weighted by molar-refractivity contribution is 7.89. The Bertz CT molecular complexity index is 1460. The summed E-state index contributed by atoms with van der Waals surface area (Å²) >= 11 is 0. The average molecular weight is 588 g/mol. The first-order valence-electron chi connectivity index (χ1n) is 14.3. The minimum absolute atomic E-state index is 0.00617. The second kappa shape index (κ2) is 14.5. The van der Waals surface area contributed by atoms with Gasteiger partial charge in [-0.1, -0.05) is 105 Å². The molecule has 4 N–H and O–H groups in total. The minimum Gasteiger partial charge on any atom is -0.506 e. The van der Waals surface area contributed by atoms with Crippen LogP contribution in [-0.4, -0.2) is 53.1 Å². The minimum atomic E-state index is -4.04. The summed E-state index contributed by atoms with van der Waals surface area (Å²) in [6, 6.07) is 33.7. The number of anilines is 1. The Morgan fingerprint density at radius 1 is 0.738 bits per heavy atom. The van der Waals surface area contributed by atoms with Crippen molar-refractivity contribution in [2.45, 2.75) is 50.4 Å². The second-order valence-corrected chi connectivity index (χ2v) is 13.1.